The highest BCUT2D eigenvalue weighted by Crippen LogP contribution is 2.31. The summed E-state index contributed by atoms with van der Waals surface area (Å²) in [7, 11) is 0. The van der Waals surface area contributed by atoms with E-state index >= 15 is 0 Å². The zero-order valence-electron chi connectivity index (χ0n) is 13.1. The third-order valence-electron chi connectivity index (χ3n) is 3.31. The molecule has 0 radical (unpaired) electrons. The summed E-state index contributed by atoms with van der Waals surface area (Å²) in [4.78, 5) is 0. The van der Waals surface area contributed by atoms with E-state index in [0.717, 1.165) is 47.5 Å². The lowest BCUT2D eigenvalue weighted by molar-refractivity contribution is 0.304. The van der Waals surface area contributed by atoms with Crippen molar-refractivity contribution in [3.8, 4) is 5.75 Å². The van der Waals surface area contributed by atoms with Crippen molar-refractivity contribution in [3.63, 3.8) is 0 Å². The van der Waals surface area contributed by atoms with Crippen LogP contribution in [0.1, 0.15) is 33.6 Å². The highest BCUT2D eigenvalue weighted by molar-refractivity contribution is 6.35. The van der Waals surface area contributed by atoms with E-state index in [4.69, 9.17) is 16.3 Å². The first-order chi connectivity index (χ1) is 9.97. The van der Waals surface area contributed by atoms with Crippen LogP contribution in [0.15, 0.2) is 36.4 Å². The molecule has 0 spiro atoms. The Morgan fingerprint density at radius 3 is 2.43 bits per heavy atom. The maximum Gasteiger partial charge on any atom is 0.127 e. The second-order valence-electron chi connectivity index (χ2n) is 6.32. The Balaban J connectivity index is 1.86. The van der Waals surface area contributed by atoms with Crippen LogP contribution < -0.4 is 10.1 Å². The predicted octanol–water partition coefficient (Wildman–Crippen LogP) is 5.04. The van der Waals surface area contributed by atoms with Crippen LogP contribution in [-0.2, 0) is 0 Å². The van der Waals surface area contributed by atoms with Gasteiger partial charge in [-0.05, 0) is 52.3 Å². The van der Waals surface area contributed by atoms with Crippen molar-refractivity contribution in [2.45, 2.75) is 39.2 Å². The molecule has 0 saturated carbocycles. The highest BCUT2D eigenvalue weighted by atomic mass is 35.5. The number of ether oxygens (including phenoxy) is 1. The van der Waals surface area contributed by atoms with Gasteiger partial charge in [0.1, 0.15) is 5.75 Å². The Morgan fingerprint density at radius 1 is 1.00 bits per heavy atom. The molecule has 0 unspecified atom stereocenters. The van der Waals surface area contributed by atoms with Crippen molar-refractivity contribution in [1.82, 2.24) is 5.32 Å². The van der Waals surface area contributed by atoms with E-state index in [1.807, 2.05) is 30.3 Å². The van der Waals surface area contributed by atoms with Gasteiger partial charge in [0.2, 0.25) is 0 Å². The summed E-state index contributed by atoms with van der Waals surface area (Å²) in [6.45, 7) is 8.31. The van der Waals surface area contributed by atoms with E-state index < -0.39 is 0 Å². The zero-order chi connectivity index (χ0) is 15.3. The van der Waals surface area contributed by atoms with Crippen LogP contribution in [0.3, 0.4) is 0 Å². The number of fused-ring (bicyclic) bond motifs is 1. The quantitative estimate of drug-likeness (QED) is 0.755. The maximum absolute atomic E-state index is 6.21. The van der Waals surface area contributed by atoms with Crippen molar-refractivity contribution in [2.24, 2.45) is 0 Å². The predicted molar refractivity (Wildman–Crippen MR) is 91.4 cm³/mol. The third-order valence-corrected chi connectivity index (χ3v) is 3.64. The van der Waals surface area contributed by atoms with Gasteiger partial charge in [-0.15, -0.1) is 0 Å². The first kappa shape index (κ1) is 16.1. The van der Waals surface area contributed by atoms with Crippen molar-refractivity contribution in [3.05, 3.63) is 41.4 Å². The number of hydrogen-bond donors (Lipinski definition) is 1. The fourth-order valence-electron chi connectivity index (χ4n) is 2.23. The molecule has 0 heterocycles. The minimum atomic E-state index is 0.188. The molecule has 0 fully saturated rings. The van der Waals surface area contributed by atoms with E-state index in [0.29, 0.717) is 0 Å². The normalized spacial score (nSPS) is 11.8. The number of halogens is 1. The van der Waals surface area contributed by atoms with Gasteiger partial charge in [-0.3, -0.25) is 0 Å². The molecule has 0 aliphatic heterocycles. The van der Waals surface area contributed by atoms with Crippen molar-refractivity contribution < 1.29 is 4.74 Å². The first-order valence-electron chi connectivity index (χ1n) is 7.52. The molecule has 0 aliphatic carbocycles. The smallest absolute Gasteiger partial charge is 0.127 e. The molecule has 114 valence electrons. The number of nitrogens with one attached hydrogen (secondary N) is 1. The largest absolute Gasteiger partial charge is 0.493 e. The van der Waals surface area contributed by atoms with Gasteiger partial charge in [0.15, 0.2) is 0 Å². The zero-order valence-corrected chi connectivity index (χ0v) is 13.8. The highest BCUT2D eigenvalue weighted by Gasteiger charge is 2.07. The Bertz CT molecular complexity index is 589. The summed E-state index contributed by atoms with van der Waals surface area (Å²) < 4.78 is 5.92. The molecule has 0 amide bonds. The topological polar surface area (TPSA) is 21.3 Å². The van der Waals surface area contributed by atoms with Gasteiger partial charge in [0.05, 0.1) is 6.61 Å². The van der Waals surface area contributed by atoms with Gasteiger partial charge >= 0.3 is 0 Å². The van der Waals surface area contributed by atoms with Crippen LogP contribution in [-0.4, -0.2) is 18.7 Å². The average molecular weight is 306 g/mol. The lowest BCUT2D eigenvalue weighted by atomic mass is 10.1. The van der Waals surface area contributed by atoms with E-state index in [1.54, 1.807) is 0 Å². The van der Waals surface area contributed by atoms with Gasteiger partial charge < -0.3 is 10.1 Å². The fraction of sp³-hybridized carbons (Fsp3) is 0.444. The van der Waals surface area contributed by atoms with E-state index in [-0.39, 0.29) is 5.54 Å². The van der Waals surface area contributed by atoms with Gasteiger partial charge in [-0.1, -0.05) is 35.9 Å². The van der Waals surface area contributed by atoms with Crippen LogP contribution in [0.4, 0.5) is 0 Å². The van der Waals surface area contributed by atoms with Crippen molar-refractivity contribution in [2.75, 3.05) is 13.2 Å². The lowest BCUT2D eigenvalue weighted by Crippen LogP contribution is -2.36. The Labute approximate surface area is 132 Å². The molecular weight excluding hydrogens is 282 g/mol. The standard InChI is InChI=1S/C18H24ClNO/c1-18(2,3)20-12-6-7-13-21-17-11-10-16(19)14-8-4-5-9-15(14)17/h4-5,8-11,20H,6-7,12-13H2,1-3H3. The van der Waals surface area contributed by atoms with Crippen LogP contribution in [0, 0.1) is 0 Å². The van der Waals surface area contributed by atoms with Gasteiger partial charge in [0, 0.05) is 21.3 Å². The molecule has 0 aromatic heterocycles. The molecular formula is C18H24ClNO. The van der Waals surface area contributed by atoms with Gasteiger partial charge in [-0.25, -0.2) is 0 Å². The number of hydrogen-bond acceptors (Lipinski definition) is 2. The number of benzene rings is 2. The summed E-state index contributed by atoms with van der Waals surface area (Å²) in [5, 5.41) is 6.38. The number of rotatable bonds is 6. The van der Waals surface area contributed by atoms with Crippen molar-refractivity contribution >= 4 is 22.4 Å². The van der Waals surface area contributed by atoms with Crippen LogP contribution in [0.25, 0.3) is 10.8 Å². The molecule has 21 heavy (non-hydrogen) atoms. The Kier molecular flexibility index (Phi) is 5.49. The molecule has 0 saturated heterocycles. The SMILES string of the molecule is CC(C)(C)NCCCCOc1ccc(Cl)c2ccccc12. The van der Waals surface area contributed by atoms with Crippen molar-refractivity contribution in [1.29, 1.82) is 0 Å². The molecule has 2 rings (SSSR count). The minimum Gasteiger partial charge on any atom is -0.493 e. The van der Waals surface area contributed by atoms with Crippen LogP contribution in [0.2, 0.25) is 5.02 Å². The Morgan fingerprint density at radius 2 is 1.71 bits per heavy atom. The maximum atomic E-state index is 6.21. The van der Waals surface area contributed by atoms with E-state index in [2.05, 4.69) is 32.2 Å². The van der Waals surface area contributed by atoms with Crippen LogP contribution in [0.5, 0.6) is 5.75 Å². The summed E-state index contributed by atoms with van der Waals surface area (Å²) >= 11 is 6.21. The van der Waals surface area contributed by atoms with Crippen LogP contribution >= 0.6 is 11.6 Å². The second-order valence-corrected chi connectivity index (χ2v) is 6.73. The molecule has 2 aromatic rings. The number of unbranched alkanes of at least 4 members (excludes halogenated alkanes) is 1. The summed E-state index contributed by atoms with van der Waals surface area (Å²) in [6.07, 6.45) is 2.16. The molecule has 2 nitrogen and oxygen atoms in total. The average Bonchev–Trinajstić information content (AvgIpc) is 2.44. The fourth-order valence-corrected chi connectivity index (χ4v) is 2.46. The summed E-state index contributed by atoms with van der Waals surface area (Å²) in [5.74, 6) is 0.916. The lowest BCUT2D eigenvalue weighted by Gasteiger charge is -2.20. The molecule has 0 bridgehead atoms. The summed E-state index contributed by atoms with van der Waals surface area (Å²) in [5.41, 5.74) is 0.188. The molecule has 0 atom stereocenters. The molecule has 0 aliphatic rings. The van der Waals surface area contributed by atoms with E-state index in [1.165, 1.54) is 0 Å². The Hall–Kier alpha value is -1.25. The molecule has 3 heteroatoms. The molecule has 2 aromatic carbocycles. The molecule has 1 N–H and O–H groups in total. The van der Waals surface area contributed by atoms with Gasteiger partial charge in [-0.2, -0.15) is 0 Å². The third kappa shape index (κ3) is 4.90. The first-order valence-corrected chi connectivity index (χ1v) is 7.90. The van der Waals surface area contributed by atoms with Gasteiger partial charge in [0.25, 0.3) is 0 Å². The van der Waals surface area contributed by atoms with E-state index in [9.17, 15) is 0 Å². The second kappa shape index (κ2) is 7.15. The summed E-state index contributed by atoms with van der Waals surface area (Å²) in [6, 6.07) is 11.9. The minimum absolute atomic E-state index is 0.188. The monoisotopic (exact) mass is 305 g/mol.